The van der Waals surface area contributed by atoms with Gasteiger partial charge >= 0.3 is 0 Å². The second-order valence-corrected chi connectivity index (χ2v) is 12.5. The van der Waals surface area contributed by atoms with Crippen LogP contribution in [0.15, 0.2) is 77.1 Å². The second kappa shape index (κ2) is 13.8. The van der Waals surface area contributed by atoms with Gasteiger partial charge < -0.3 is 33.9 Å². The second-order valence-electron chi connectivity index (χ2n) is 11.5. The molecule has 12 heteroatoms. The summed E-state index contributed by atoms with van der Waals surface area (Å²) in [5.41, 5.74) is 4.00. The van der Waals surface area contributed by atoms with Gasteiger partial charge in [0.05, 0.1) is 84.9 Å². The molecule has 0 spiro atoms. The van der Waals surface area contributed by atoms with Gasteiger partial charge in [-0.05, 0) is 50.0 Å². The Morgan fingerprint density at radius 2 is 1.45 bits per heavy atom. The molecule has 47 heavy (non-hydrogen) atoms. The fraction of sp³-hybridized carbons (Fsp3) is 0.343. The molecule has 0 bridgehead atoms. The first-order chi connectivity index (χ1) is 22.8. The van der Waals surface area contributed by atoms with Crippen molar-refractivity contribution in [2.75, 3.05) is 30.5 Å². The van der Waals surface area contributed by atoms with Gasteiger partial charge in [0.2, 0.25) is 0 Å². The van der Waals surface area contributed by atoms with Crippen LogP contribution in [-0.2, 0) is 0 Å². The smallest absolute Gasteiger partial charge is 0.260 e. The number of fused-ring (bicyclic) bond motifs is 4. The molecule has 3 atom stereocenters. The molecular formula is C35H37IN4O7. The van der Waals surface area contributed by atoms with E-state index in [0.29, 0.717) is 78.0 Å². The molecule has 0 aromatic heterocycles. The Kier molecular flexibility index (Phi) is 9.60. The lowest BCUT2D eigenvalue weighted by molar-refractivity contribution is 0.0625. The summed E-state index contributed by atoms with van der Waals surface area (Å²) in [5.74, 6) is 1.43. The van der Waals surface area contributed by atoms with E-state index >= 15 is 0 Å². The van der Waals surface area contributed by atoms with Crippen LogP contribution in [-0.4, -0.2) is 78.7 Å². The summed E-state index contributed by atoms with van der Waals surface area (Å²) in [6.07, 6.45) is 14.2. The topological polar surface area (TPSA) is 113 Å². The monoisotopic (exact) mass is 752 g/mol. The third kappa shape index (κ3) is 6.23. The highest BCUT2D eigenvalue weighted by atomic mass is 127. The van der Waals surface area contributed by atoms with Gasteiger partial charge in [-0.25, -0.2) is 0 Å². The average Bonchev–Trinajstić information content (AvgIpc) is 3.65. The molecule has 1 N–H and O–H groups in total. The van der Waals surface area contributed by atoms with Crippen LogP contribution in [0, 0.1) is 0 Å². The number of benzene rings is 2. The molecule has 1 unspecified atom stereocenters. The van der Waals surface area contributed by atoms with Crippen molar-refractivity contribution in [3.8, 4) is 23.0 Å². The van der Waals surface area contributed by atoms with Crippen molar-refractivity contribution < 1.29 is 33.6 Å². The molecule has 11 nitrogen and oxygen atoms in total. The predicted molar refractivity (Wildman–Crippen MR) is 187 cm³/mol. The highest BCUT2D eigenvalue weighted by Gasteiger charge is 2.42. The Morgan fingerprint density at radius 3 is 2.11 bits per heavy atom. The lowest BCUT2D eigenvalue weighted by Crippen LogP contribution is -2.44. The number of aliphatic hydroxyl groups is 1. The summed E-state index contributed by atoms with van der Waals surface area (Å²) in [6.45, 7) is 4.47. The number of halogens is 1. The first-order valence-electron chi connectivity index (χ1n) is 15.5. The molecule has 6 rings (SSSR count). The molecule has 2 aromatic rings. The Labute approximate surface area is 287 Å². The van der Waals surface area contributed by atoms with Crippen LogP contribution in [0.5, 0.6) is 23.0 Å². The molecule has 4 aliphatic heterocycles. The number of amides is 2. The average molecular weight is 753 g/mol. The van der Waals surface area contributed by atoms with E-state index in [0.717, 1.165) is 11.1 Å². The quantitative estimate of drug-likeness (QED) is 0.176. The lowest BCUT2D eigenvalue weighted by atomic mass is 10.1. The minimum atomic E-state index is -0.922. The van der Waals surface area contributed by atoms with E-state index < -0.39 is 12.3 Å². The van der Waals surface area contributed by atoms with Gasteiger partial charge in [0.15, 0.2) is 29.2 Å². The zero-order chi connectivity index (χ0) is 33.2. The summed E-state index contributed by atoms with van der Waals surface area (Å²) in [5, 5.41) is 11.2. The van der Waals surface area contributed by atoms with Crippen molar-refractivity contribution in [3.05, 3.63) is 83.2 Å². The molecule has 4 aliphatic rings. The minimum absolute atomic E-state index is 0.135. The molecule has 0 saturated carbocycles. The van der Waals surface area contributed by atoms with Crippen molar-refractivity contribution in [2.45, 2.75) is 51.4 Å². The molecule has 4 heterocycles. The SMILES string of the molecule is C/C=C/C1=CN2C(=O)c3cc(OC)c(OCCCOc4cc5c(cc4OC)C(=O)N4C=C(/C=C/C)C[C@H]4C(O)N5I)cc3N=C[C@@H]2C1. The number of carbonyl (C=O) groups excluding carboxylic acids is 2. The van der Waals surface area contributed by atoms with Crippen LogP contribution in [0.4, 0.5) is 11.4 Å². The highest BCUT2D eigenvalue weighted by molar-refractivity contribution is 14.1. The number of ether oxygens (including phenoxy) is 4. The van der Waals surface area contributed by atoms with Gasteiger partial charge in [-0.1, -0.05) is 24.3 Å². The van der Waals surface area contributed by atoms with Gasteiger partial charge in [0, 0.05) is 37.2 Å². The number of rotatable bonds is 10. The van der Waals surface area contributed by atoms with Gasteiger partial charge in [-0.2, -0.15) is 0 Å². The van der Waals surface area contributed by atoms with Crippen molar-refractivity contribution in [1.82, 2.24) is 9.80 Å². The number of aliphatic imine (C=N–C) groups is 1. The zero-order valence-electron chi connectivity index (χ0n) is 26.7. The number of allylic oxidation sites excluding steroid dienone is 4. The maximum Gasteiger partial charge on any atom is 0.260 e. The summed E-state index contributed by atoms with van der Waals surface area (Å²) in [6, 6.07) is 6.26. The molecule has 246 valence electrons. The molecular weight excluding hydrogens is 715 g/mol. The lowest BCUT2D eigenvalue weighted by Gasteiger charge is -2.29. The number of hydrogen-bond donors (Lipinski definition) is 1. The Balaban J connectivity index is 1.13. The van der Waals surface area contributed by atoms with E-state index in [4.69, 9.17) is 18.9 Å². The third-order valence-corrected chi connectivity index (χ3v) is 9.56. The normalized spacial score (nSPS) is 21.7. The molecule has 0 fully saturated rings. The van der Waals surface area contributed by atoms with Crippen LogP contribution in [0.2, 0.25) is 0 Å². The number of hydrogen-bond acceptors (Lipinski definition) is 9. The first kappa shape index (κ1) is 32.6. The van der Waals surface area contributed by atoms with Gasteiger partial charge in [-0.3, -0.25) is 17.7 Å². The zero-order valence-corrected chi connectivity index (χ0v) is 28.8. The van der Waals surface area contributed by atoms with Crippen molar-refractivity contribution in [2.24, 2.45) is 4.99 Å². The van der Waals surface area contributed by atoms with Crippen LogP contribution in [0.3, 0.4) is 0 Å². The van der Waals surface area contributed by atoms with Crippen molar-refractivity contribution in [1.29, 1.82) is 0 Å². The number of methoxy groups -OCH3 is 2. The first-order valence-corrected chi connectivity index (χ1v) is 16.4. The van der Waals surface area contributed by atoms with E-state index in [2.05, 4.69) is 4.99 Å². The maximum atomic E-state index is 13.6. The number of nitrogens with zero attached hydrogens (tertiary/aromatic N) is 4. The fourth-order valence-electron chi connectivity index (χ4n) is 6.21. The molecule has 2 aromatic carbocycles. The molecule has 0 saturated heterocycles. The highest BCUT2D eigenvalue weighted by Crippen LogP contribution is 2.43. The van der Waals surface area contributed by atoms with Crippen LogP contribution in [0.25, 0.3) is 0 Å². The van der Waals surface area contributed by atoms with Crippen LogP contribution >= 0.6 is 22.9 Å². The number of carbonyl (C=O) groups is 2. The molecule has 2 amide bonds. The summed E-state index contributed by atoms with van der Waals surface area (Å²) in [7, 11) is 3.06. The largest absolute Gasteiger partial charge is 0.493 e. The summed E-state index contributed by atoms with van der Waals surface area (Å²) < 4.78 is 25.0. The molecule has 0 radical (unpaired) electrons. The Morgan fingerprint density at radius 1 is 0.851 bits per heavy atom. The Hall–Kier alpha value is -4.30. The third-order valence-electron chi connectivity index (χ3n) is 8.47. The van der Waals surface area contributed by atoms with Crippen molar-refractivity contribution >= 4 is 52.3 Å². The van der Waals surface area contributed by atoms with Crippen LogP contribution in [0.1, 0.15) is 53.8 Å². The predicted octanol–water partition coefficient (Wildman–Crippen LogP) is 6.11. The number of aliphatic hydroxyl groups excluding tert-OH is 1. The molecule has 0 aliphatic carbocycles. The fourth-order valence-corrected chi connectivity index (χ4v) is 6.98. The van der Waals surface area contributed by atoms with Crippen molar-refractivity contribution in [3.63, 3.8) is 0 Å². The van der Waals surface area contributed by atoms with E-state index in [1.54, 1.807) is 49.6 Å². The van der Waals surface area contributed by atoms with Crippen LogP contribution < -0.4 is 22.1 Å². The van der Waals surface area contributed by atoms with E-state index in [9.17, 15) is 14.7 Å². The van der Waals surface area contributed by atoms with E-state index in [1.807, 2.05) is 67.2 Å². The standard InChI is InChI=1S/C35H37IN4O7/c1-5-8-21-12-23-18-37-26-16-31(29(44-3)14-24(26)33(41)38(23)19-21)46-10-7-11-47-32-17-27-25(15-30(32)45-4)34(42)39-20-22(9-6-2)13-28(39)35(43)40(27)36/h5-6,8-9,14-20,23,28,35,43H,7,10-13H2,1-4H3/b8-5+,9-6+/t23-,28-,35?/m0/s1. The summed E-state index contributed by atoms with van der Waals surface area (Å²) >= 11 is 2.04. The number of anilines is 1. The van der Waals surface area contributed by atoms with E-state index in [-0.39, 0.29) is 17.9 Å². The summed E-state index contributed by atoms with van der Waals surface area (Å²) in [4.78, 5) is 34.9. The Bertz CT molecular complexity index is 1730. The van der Waals surface area contributed by atoms with E-state index in [1.165, 1.54) is 14.2 Å². The van der Waals surface area contributed by atoms with Gasteiger partial charge in [0.25, 0.3) is 11.8 Å². The maximum absolute atomic E-state index is 13.6. The van der Waals surface area contributed by atoms with Gasteiger partial charge in [-0.15, -0.1) is 0 Å². The van der Waals surface area contributed by atoms with Gasteiger partial charge in [0.1, 0.15) is 0 Å². The minimum Gasteiger partial charge on any atom is -0.493 e.